The van der Waals surface area contributed by atoms with Crippen LogP contribution in [0.25, 0.3) is 5.52 Å². The van der Waals surface area contributed by atoms with Crippen LogP contribution in [0.15, 0.2) is 65.2 Å². The van der Waals surface area contributed by atoms with Gasteiger partial charge in [0.2, 0.25) is 0 Å². The summed E-state index contributed by atoms with van der Waals surface area (Å²) in [5, 5.41) is 9.93. The van der Waals surface area contributed by atoms with Crippen LogP contribution in [0.3, 0.4) is 0 Å². The van der Waals surface area contributed by atoms with E-state index in [0.29, 0.717) is 38.2 Å². The van der Waals surface area contributed by atoms with Crippen molar-refractivity contribution in [2.24, 2.45) is 10.4 Å². The van der Waals surface area contributed by atoms with E-state index in [1.807, 2.05) is 25.1 Å². The summed E-state index contributed by atoms with van der Waals surface area (Å²) in [6.45, 7) is 9.56. The first-order chi connectivity index (χ1) is 15.5. The lowest BCUT2D eigenvalue weighted by Crippen LogP contribution is -2.43. The lowest BCUT2D eigenvalue weighted by Gasteiger charge is -2.37. The third-order valence-corrected chi connectivity index (χ3v) is 5.82. The molecule has 0 atom stereocenters. The number of hydrogen-bond acceptors (Lipinski definition) is 6. The van der Waals surface area contributed by atoms with Crippen LogP contribution in [-0.2, 0) is 11.3 Å². The molecule has 1 aliphatic rings. The third kappa shape index (κ3) is 4.56. The van der Waals surface area contributed by atoms with Crippen LogP contribution in [0.2, 0.25) is 0 Å². The van der Waals surface area contributed by atoms with Gasteiger partial charge in [-0.15, -0.1) is 0 Å². The fourth-order valence-corrected chi connectivity index (χ4v) is 4.09. The number of allylic oxidation sites excluding steroid dienone is 2. The van der Waals surface area contributed by atoms with Crippen LogP contribution >= 0.6 is 0 Å². The van der Waals surface area contributed by atoms with Crippen molar-refractivity contribution in [3.05, 3.63) is 76.9 Å². The predicted octanol–water partition coefficient (Wildman–Crippen LogP) is 3.74. The minimum Gasteiger partial charge on any atom is -0.462 e. The van der Waals surface area contributed by atoms with E-state index in [1.165, 1.54) is 4.40 Å². The number of pyridine rings is 2. The summed E-state index contributed by atoms with van der Waals surface area (Å²) in [6, 6.07) is 9.61. The summed E-state index contributed by atoms with van der Waals surface area (Å²) in [7, 11) is 0. The lowest BCUT2D eigenvalue weighted by atomic mass is 9.75. The molecule has 0 aromatic carbocycles. The zero-order valence-corrected chi connectivity index (χ0v) is 18.6. The molecule has 0 unspecified atom stereocenters. The molecule has 1 fully saturated rings. The molecule has 3 heterocycles. The number of likely N-dealkylation sites (tertiary alicyclic amines) is 1. The molecule has 166 valence electrons. The first-order valence-electron chi connectivity index (χ1n) is 10.8. The summed E-state index contributed by atoms with van der Waals surface area (Å²) >= 11 is 0. The highest BCUT2D eigenvalue weighted by Crippen LogP contribution is 2.34. The van der Waals surface area contributed by atoms with E-state index in [1.54, 1.807) is 37.5 Å². The molecule has 2 aromatic rings. The zero-order chi connectivity index (χ0) is 23.1. The molecule has 0 bridgehead atoms. The Morgan fingerprint density at radius 2 is 2.12 bits per heavy atom. The molecule has 2 aromatic heterocycles. The Morgan fingerprint density at radius 1 is 1.38 bits per heavy atom. The maximum atomic E-state index is 12.8. The molecule has 0 N–H and O–H groups in total. The van der Waals surface area contributed by atoms with Crippen molar-refractivity contribution in [2.75, 3.05) is 19.7 Å². The Bertz CT molecular complexity index is 1160. The van der Waals surface area contributed by atoms with E-state index in [4.69, 9.17) is 4.74 Å². The van der Waals surface area contributed by atoms with Gasteiger partial charge in [-0.25, -0.2) is 4.79 Å². The highest BCUT2D eigenvalue weighted by Gasteiger charge is 2.38. The largest absolute Gasteiger partial charge is 0.462 e. The van der Waals surface area contributed by atoms with Gasteiger partial charge >= 0.3 is 5.97 Å². The molecule has 0 aliphatic carbocycles. The third-order valence-electron chi connectivity index (χ3n) is 5.82. The van der Waals surface area contributed by atoms with E-state index >= 15 is 0 Å². The number of nitriles is 1. The second-order valence-electron chi connectivity index (χ2n) is 7.74. The zero-order valence-electron chi connectivity index (χ0n) is 18.6. The van der Waals surface area contributed by atoms with Crippen molar-refractivity contribution in [2.45, 2.75) is 33.2 Å². The van der Waals surface area contributed by atoms with Crippen molar-refractivity contribution < 1.29 is 9.53 Å². The van der Waals surface area contributed by atoms with E-state index in [9.17, 15) is 14.9 Å². The van der Waals surface area contributed by atoms with Gasteiger partial charge in [-0.2, -0.15) is 5.26 Å². The predicted molar refractivity (Wildman–Crippen MR) is 125 cm³/mol. The monoisotopic (exact) mass is 432 g/mol. The molecule has 0 saturated carbocycles. The Kier molecular flexibility index (Phi) is 7.39. The fourth-order valence-electron chi connectivity index (χ4n) is 4.09. The maximum Gasteiger partial charge on any atom is 0.343 e. The summed E-state index contributed by atoms with van der Waals surface area (Å²) in [5.74, 6) is -0.616. The van der Waals surface area contributed by atoms with Crippen LogP contribution in [0, 0.1) is 16.7 Å². The van der Waals surface area contributed by atoms with Crippen LogP contribution in [0.4, 0.5) is 0 Å². The van der Waals surface area contributed by atoms with E-state index < -0.39 is 11.4 Å². The number of nitrogens with zero attached hydrogens (tertiary/aromatic N) is 4. The molecular formula is C25H28N4O3. The lowest BCUT2D eigenvalue weighted by molar-refractivity contribution is 0.0524. The van der Waals surface area contributed by atoms with Crippen LogP contribution in [-0.4, -0.2) is 40.7 Å². The Hall–Kier alpha value is -3.50. The second kappa shape index (κ2) is 10.2. The molecule has 0 amide bonds. The summed E-state index contributed by atoms with van der Waals surface area (Å²) in [4.78, 5) is 31.8. The normalized spacial score (nSPS) is 16.7. The highest BCUT2D eigenvalue weighted by molar-refractivity contribution is 6.01. The highest BCUT2D eigenvalue weighted by atomic mass is 16.5. The number of aliphatic imine (C=N–C) groups is 1. The average Bonchev–Trinajstić information content (AvgIpc) is 2.82. The van der Waals surface area contributed by atoms with Gasteiger partial charge in [0.05, 0.1) is 23.9 Å². The summed E-state index contributed by atoms with van der Waals surface area (Å²) in [5.41, 5.74) is 1.29. The van der Waals surface area contributed by atoms with Crippen LogP contribution in [0.1, 0.15) is 42.6 Å². The minimum absolute atomic E-state index is 0.0290. The number of piperidine rings is 1. The average molecular weight is 433 g/mol. The van der Waals surface area contributed by atoms with Crippen LogP contribution in [0.5, 0.6) is 0 Å². The van der Waals surface area contributed by atoms with Crippen molar-refractivity contribution in [3.63, 3.8) is 0 Å². The first-order valence-corrected chi connectivity index (χ1v) is 10.8. The fraction of sp³-hybridized carbons (Fsp3) is 0.360. The molecule has 0 spiro atoms. The number of esters is 1. The minimum atomic E-state index is -0.663. The molecule has 1 saturated heterocycles. The number of aromatic nitrogens is 1. The number of carbonyl (C=O) groups is 1. The van der Waals surface area contributed by atoms with Gasteiger partial charge in [0.1, 0.15) is 11.0 Å². The molecule has 3 rings (SSSR count). The van der Waals surface area contributed by atoms with Gasteiger partial charge in [0.25, 0.3) is 5.56 Å². The first kappa shape index (κ1) is 23.2. The van der Waals surface area contributed by atoms with E-state index in [0.717, 1.165) is 11.1 Å². The van der Waals surface area contributed by atoms with Gasteiger partial charge in [0.15, 0.2) is 0 Å². The van der Waals surface area contributed by atoms with Crippen molar-refractivity contribution >= 4 is 17.2 Å². The van der Waals surface area contributed by atoms with Crippen molar-refractivity contribution in [1.82, 2.24) is 9.30 Å². The van der Waals surface area contributed by atoms with Gasteiger partial charge in [-0.1, -0.05) is 18.7 Å². The molecular weight excluding hydrogens is 404 g/mol. The van der Waals surface area contributed by atoms with Gasteiger partial charge in [0, 0.05) is 32.0 Å². The van der Waals surface area contributed by atoms with Gasteiger partial charge < -0.3 is 4.74 Å². The van der Waals surface area contributed by atoms with Crippen molar-refractivity contribution in [1.29, 1.82) is 5.26 Å². The Labute approximate surface area is 187 Å². The standard InChI is InChI=1S/C25H28N4O3/c1-4-12-27-22(5-2)25(18-26)10-14-28(15-11-25)17-19-16-20(24(31)32-6-3)23(30)29-13-8-7-9-21(19)29/h4-5,7-9,12-13,16H,2,6,10-11,14-15,17H2,1,3H3/b12-4-,27-22?. The quantitative estimate of drug-likeness (QED) is 0.491. The number of hydrogen-bond donors (Lipinski definition) is 0. The summed E-state index contributed by atoms with van der Waals surface area (Å²) < 4.78 is 6.58. The number of rotatable bonds is 7. The molecule has 32 heavy (non-hydrogen) atoms. The topological polar surface area (TPSA) is 87.2 Å². The van der Waals surface area contributed by atoms with E-state index in [-0.39, 0.29) is 17.7 Å². The van der Waals surface area contributed by atoms with E-state index in [2.05, 4.69) is 22.5 Å². The second-order valence-corrected chi connectivity index (χ2v) is 7.74. The smallest absolute Gasteiger partial charge is 0.343 e. The Morgan fingerprint density at radius 3 is 2.75 bits per heavy atom. The SMILES string of the molecule is C=CC(=N/C=C\C)C1(C#N)CCN(Cc2cc(C(=O)OCC)c(=O)n3ccccc23)CC1. The maximum absolute atomic E-state index is 12.8. The molecule has 7 heteroatoms. The van der Waals surface area contributed by atoms with Gasteiger partial charge in [-0.3, -0.25) is 19.1 Å². The Balaban J connectivity index is 1.89. The molecule has 0 radical (unpaired) electrons. The van der Waals surface area contributed by atoms with Crippen LogP contribution < -0.4 is 5.56 Å². The molecule has 7 nitrogen and oxygen atoms in total. The number of ether oxygens (including phenoxy) is 1. The number of fused-ring (bicyclic) bond motifs is 1. The summed E-state index contributed by atoms with van der Waals surface area (Å²) in [6.07, 6.45) is 8.10. The van der Waals surface area contributed by atoms with Gasteiger partial charge in [-0.05, 0) is 56.5 Å². The molecule has 1 aliphatic heterocycles. The van der Waals surface area contributed by atoms with Crippen molar-refractivity contribution in [3.8, 4) is 6.07 Å². The number of carbonyl (C=O) groups excluding carboxylic acids is 1.